The maximum atomic E-state index is 6.10. The van der Waals surface area contributed by atoms with Crippen LogP contribution in [0, 0.1) is 0 Å². The van der Waals surface area contributed by atoms with Crippen LogP contribution in [0.1, 0.15) is 18.4 Å². The van der Waals surface area contributed by atoms with Crippen LogP contribution < -0.4 is 5.32 Å². The average Bonchev–Trinajstić information content (AvgIpc) is 2.29. The van der Waals surface area contributed by atoms with E-state index >= 15 is 0 Å². The van der Waals surface area contributed by atoms with E-state index in [4.69, 9.17) is 11.6 Å². The van der Waals surface area contributed by atoms with Crippen molar-refractivity contribution in [2.75, 3.05) is 11.5 Å². The Morgan fingerprint density at radius 2 is 2.00 bits per heavy atom. The summed E-state index contributed by atoms with van der Waals surface area (Å²) in [4.78, 5) is 0. The lowest BCUT2D eigenvalue weighted by Gasteiger charge is -2.22. The number of nitrogens with one attached hydrogen (secondary N) is 1. The van der Waals surface area contributed by atoms with Gasteiger partial charge in [-0.25, -0.2) is 0 Å². The molecule has 0 aliphatic carbocycles. The van der Waals surface area contributed by atoms with Crippen LogP contribution in [0.25, 0.3) is 0 Å². The molecule has 1 saturated heterocycles. The van der Waals surface area contributed by atoms with Gasteiger partial charge in [-0.1, -0.05) is 29.8 Å². The molecule has 0 bridgehead atoms. The first-order chi connectivity index (χ1) is 7.36. The smallest absolute Gasteiger partial charge is 0.0450 e. The summed E-state index contributed by atoms with van der Waals surface area (Å²) in [7, 11) is 0. The molecule has 82 valence electrons. The largest absolute Gasteiger partial charge is 0.310 e. The van der Waals surface area contributed by atoms with Gasteiger partial charge < -0.3 is 5.32 Å². The molecule has 0 unspecified atom stereocenters. The zero-order valence-electron chi connectivity index (χ0n) is 8.71. The highest BCUT2D eigenvalue weighted by Gasteiger charge is 2.12. The molecular weight excluding hydrogens is 226 g/mol. The Morgan fingerprint density at radius 1 is 1.27 bits per heavy atom. The minimum absolute atomic E-state index is 0.683. The number of halogens is 1. The van der Waals surface area contributed by atoms with Crippen molar-refractivity contribution in [3.8, 4) is 0 Å². The van der Waals surface area contributed by atoms with Gasteiger partial charge in [0.2, 0.25) is 0 Å². The van der Waals surface area contributed by atoms with Crippen molar-refractivity contribution in [3.05, 3.63) is 34.9 Å². The molecule has 2 rings (SSSR count). The maximum absolute atomic E-state index is 6.10. The van der Waals surface area contributed by atoms with E-state index in [9.17, 15) is 0 Å². The highest BCUT2D eigenvalue weighted by atomic mass is 35.5. The number of rotatable bonds is 3. The summed E-state index contributed by atoms with van der Waals surface area (Å²) in [5.41, 5.74) is 1.21. The van der Waals surface area contributed by atoms with Gasteiger partial charge >= 0.3 is 0 Å². The first-order valence-electron chi connectivity index (χ1n) is 5.41. The third-order valence-corrected chi connectivity index (χ3v) is 4.18. The van der Waals surface area contributed by atoms with Crippen molar-refractivity contribution < 1.29 is 0 Å². The molecule has 1 nitrogen and oxygen atoms in total. The predicted molar refractivity (Wildman–Crippen MR) is 68.6 cm³/mol. The van der Waals surface area contributed by atoms with Crippen molar-refractivity contribution in [2.24, 2.45) is 0 Å². The van der Waals surface area contributed by atoms with Gasteiger partial charge in [-0.3, -0.25) is 0 Å². The standard InChI is InChI=1S/C12H16ClNS/c13-12-4-2-1-3-10(12)9-14-11-5-7-15-8-6-11/h1-4,11,14H,5-9H2. The van der Waals surface area contributed by atoms with Crippen molar-refractivity contribution in [2.45, 2.75) is 25.4 Å². The molecule has 1 aliphatic heterocycles. The second kappa shape index (κ2) is 5.78. The summed E-state index contributed by atoms with van der Waals surface area (Å²) < 4.78 is 0. The van der Waals surface area contributed by atoms with Crippen LogP contribution in [0.5, 0.6) is 0 Å². The quantitative estimate of drug-likeness (QED) is 0.872. The Hall–Kier alpha value is -0.180. The van der Waals surface area contributed by atoms with Crippen LogP contribution in [-0.4, -0.2) is 17.5 Å². The molecule has 0 aromatic heterocycles. The number of hydrogen-bond donors (Lipinski definition) is 1. The highest BCUT2D eigenvalue weighted by molar-refractivity contribution is 7.99. The molecule has 1 aromatic carbocycles. The van der Waals surface area contributed by atoms with Gasteiger partial charge in [-0.2, -0.15) is 11.8 Å². The van der Waals surface area contributed by atoms with E-state index in [1.54, 1.807) is 0 Å². The Labute approximate surface area is 101 Å². The lowest BCUT2D eigenvalue weighted by atomic mass is 10.1. The number of benzene rings is 1. The highest BCUT2D eigenvalue weighted by Crippen LogP contribution is 2.19. The normalized spacial score (nSPS) is 17.9. The molecule has 0 spiro atoms. The Kier molecular flexibility index (Phi) is 4.36. The van der Waals surface area contributed by atoms with Crippen molar-refractivity contribution in [1.82, 2.24) is 5.32 Å². The van der Waals surface area contributed by atoms with Gasteiger partial charge in [0.15, 0.2) is 0 Å². The molecule has 3 heteroatoms. The predicted octanol–water partition coefficient (Wildman–Crippen LogP) is 3.33. The van der Waals surface area contributed by atoms with Gasteiger partial charge in [0.25, 0.3) is 0 Å². The second-order valence-electron chi connectivity index (χ2n) is 3.86. The second-order valence-corrected chi connectivity index (χ2v) is 5.49. The minimum atomic E-state index is 0.683. The average molecular weight is 242 g/mol. The van der Waals surface area contributed by atoms with Gasteiger partial charge in [0.1, 0.15) is 0 Å². The van der Waals surface area contributed by atoms with E-state index in [0.717, 1.165) is 11.6 Å². The van der Waals surface area contributed by atoms with Gasteiger partial charge in [0, 0.05) is 17.6 Å². The molecule has 1 heterocycles. The summed E-state index contributed by atoms with van der Waals surface area (Å²) in [5, 5.41) is 4.45. The summed E-state index contributed by atoms with van der Waals surface area (Å²) in [5.74, 6) is 2.58. The Morgan fingerprint density at radius 3 is 2.73 bits per heavy atom. The molecular formula is C12H16ClNS. The Balaban J connectivity index is 1.84. The van der Waals surface area contributed by atoms with Crippen LogP contribution in [0.15, 0.2) is 24.3 Å². The molecule has 1 N–H and O–H groups in total. The molecule has 1 aliphatic rings. The lowest BCUT2D eigenvalue weighted by Crippen LogP contribution is -2.32. The van der Waals surface area contributed by atoms with Crippen LogP contribution in [0.4, 0.5) is 0 Å². The zero-order valence-corrected chi connectivity index (χ0v) is 10.3. The van der Waals surface area contributed by atoms with Crippen molar-refractivity contribution in [1.29, 1.82) is 0 Å². The van der Waals surface area contributed by atoms with E-state index in [1.807, 2.05) is 18.2 Å². The van der Waals surface area contributed by atoms with E-state index in [-0.39, 0.29) is 0 Å². The van der Waals surface area contributed by atoms with Crippen LogP contribution in [0.3, 0.4) is 0 Å². The number of thioether (sulfide) groups is 1. The fourth-order valence-corrected chi connectivity index (χ4v) is 3.11. The fourth-order valence-electron chi connectivity index (χ4n) is 1.80. The maximum Gasteiger partial charge on any atom is 0.0450 e. The minimum Gasteiger partial charge on any atom is -0.310 e. The molecule has 0 radical (unpaired) electrons. The van der Waals surface area contributed by atoms with E-state index in [0.29, 0.717) is 6.04 Å². The van der Waals surface area contributed by atoms with E-state index < -0.39 is 0 Å². The SMILES string of the molecule is Clc1ccccc1CNC1CCSCC1. The van der Waals surface area contributed by atoms with Gasteiger partial charge in [-0.05, 0) is 36.0 Å². The molecule has 0 saturated carbocycles. The third kappa shape index (κ3) is 3.40. The van der Waals surface area contributed by atoms with E-state index in [1.165, 1.54) is 29.9 Å². The summed E-state index contributed by atoms with van der Waals surface area (Å²) >= 11 is 8.16. The van der Waals surface area contributed by atoms with E-state index in [2.05, 4.69) is 23.1 Å². The monoisotopic (exact) mass is 241 g/mol. The molecule has 0 atom stereocenters. The summed E-state index contributed by atoms with van der Waals surface area (Å²) in [6, 6.07) is 8.74. The first kappa shape index (κ1) is 11.3. The van der Waals surface area contributed by atoms with Crippen LogP contribution in [0.2, 0.25) is 5.02 Å². The lowest BCUT2D eigenvalue weighted by molar-refractivity contribution is 0.482. The number of hydrogen-bond acceptors (Lipinski definition) is 2. The van der Waals surface area contributed by atoms with Gasteiger partial charge in [0.05, 0.1) is 0 Å². The summed E-state index contributed by atoms with van der Waals surface area (Å²) in [6.07, 6.45) is 2.57. The fraction of sp³-hybridized carbons (Fsp3) is 0.500. The van der Waals surface area contributed by atoms with Crippen molar-refractivity contribution in [3.63, 3.8) is 0 Å². The first-order valence-corrected chi connectivity index (χ1v) is 6.94. The molecule has 1 fully saturated rings. The molecule has 1 aromatic rings. The van der Waals surface area contributed by atoms with Crippen LogP contribution in [-0.2, 0) is 6.54 Å². The molecule has 0 amide bonds. The van der Waals surface area contributed by atoms with Crippen LogP contribution >= 0.6 is 23.4 Å². The summed E-state index contributed by atoms with van der Waals surface area (Å²) in [6.45, 7) is 0.898. The zero-order chi connectivity index (χ0) is 10.5. The third-order valence-electron chi connectivity index (χ3n) is 2.76. The Bertz CT molecular complexity index is 310. The van der Waals surface area contributed by atoms with Gasteiger partial charge in [-0.15, -0.1) is 0 Å². The van der Waals surface area contributed by atoms with Crippen molar-refractivity contribution >= 4 is 23.4 Å². The topological polar surface area (TPSA) is 12.0 Å². The molecule has 15 heavy (non-hydrogen) atoms.